The van der Waals surface area contributed by atoms with Gasteiger partial charge in [0.2, 0.25) is 8.32 Å². The lowest BCUT2D eigenvalue weighted by molar-refractivity contribution is 0.0698. The normalized spacial score (nSPS) is 11.1. The Morgan fingerprint density at radius 1 is 1.40 bits per heavy atom. The molecule has 0 atom stereocenters. The molecule has 0 aliphatic rings. The maximum Gasteiger partial charge on any atom is 0.337 e. The average molecular weight is 225 g/mol. The minimum Gasteiger partial charge on any atom is -0.544 e. The summed E-state index contributed by atoms with van der Waals surface area (Å²) in [6.45, 7) is 6.15. The Morgan fingerprint density at radius 2 is 2.00 bits per heavy atom. The van der Waals surface area contributed by atoms with Crippen LogP contribution in [0.3, 0.4) is 0 Å². The van der Waals surface area contributed by atoms with Gasteiger partial charge in [0.25, 0.3) is 0 Å². The number of anilines is 1. The van der Waals surface area contributed by atoms with E-state index in [1.807, 2.05) is 19.6 Å². The first-order chi connectivity index (χ1) is 6.79. The summed E-state index contributed by atoms with van der Waals surface area (Å²) in [5.41, 5.74) is 5.94. The fourth-order valence-electron chi connectivity index (χ4n) is 1.15. The van der Waals surface area contributed by atoms with E-state index in [0.717, 1.165) is 0 Å². The lowest BCUT2D eigenvalue weighted by Crippen LogP contribution is -2.29. The number of carbonyl (C=O) groups is 1. The number of rotatable bonds is 3. The van der Waals surface area contributed by atoms with Gasteiger partial charge in [0.15, 0.2) is 0 Å². The molecular formula is C10H15NO3Si. The summed E-state index contributed by atoms with van der Waals surface area (Å²) in [6.07, 6.45) is 0. The zero-order chi connectivity index (χ0) is 11.6. The van der Waals surface area contributed by atoms with E-state index in [-0.39, 0.29) is 11.3 Å². The molecule has 1 aromatic rings. The first-order valence-electron chi connectivity index (χ1n) is 4.61. The van der Waals surface area contributed by atoms with E-state index in [0.29, 0.717) is 5.75 Å². The van der Waals surface area contributed by atoms with Crippen LogP contribution in [0.25, 0.3) is 0 Å². The summed E-state index contributed by atoms with van der Waals surface area (Å²) in [7, 11) is -1.67. The fourth-order valence-corrected chi connectivity index (χ4v) is 1.99. The predicted octanol–water partition coefficient (Wildman–Crippen LogP) is 2.18. The van der Waals surface area contributed by atoms with Gasteiger partial charge in [-0.05, 0) is 31.8 Å². The van der Waals surface area contributed by atoms with Crippen molar-refractivity contribution in [3.8, 4) is 5.75 Å². The fraction of sp³-hybridized carbons (Fsp3) is 0.300. The summed E-state index contributed by atoms with van der Waals surface area (Å²) < 4.78 is 5.68. The van der Waals surface area contributed by atoms with E-state index in [2.05, 4.69) is 0 Å². The zero-order valence-electron chi connectivity index (χ0n) is 9.07. The Kier molecular flexibility index (Phi) is 3.04. The number of nitrogens with two attached hydrogens (primary N) is 1. The molecule has 0 unspecified atom stereocenters. The van der Waals surface area contributed by atoms with E-state index >= 15 is 0 Å². The van der Waals surface area contributed by atoms with Crippen molar-refractivity contribution in [2.45, 2.75) is 19.6 Å². The van der Waals surface area contributed by atoms with Crippen molar-refractivity contribution in [3.63, 3.8) is 0 Å². The van der Waals surface area contributed by atoms with Gasteiger partial charge in [-0.2, -0.15) is 0 Å². The second kappa shape index (κ2) is 3.94. The van der Waals surface area contributed by atoms with Crippen molar-refractivity contribution in [1.29, 1.82) is 0 Å². The quantitative estimate of drug-likeness (QED) is 0.611. The van der Waals surface area contributed by atoms with Crippen LogP contribution < -0.4 is 10.2 Å². The van der Waals surface area contributed by atoms with Crippen LogP contribution in [0.15, 0.2) is 18.2 Å². The minimum atomic E-state index is -1.67. The van der Waals surface area contributed by atoms with Gasteiger partial charge in [-0.25, -0.2) is 4.79 Å². The van der Waals surface area contributed by atoms with Gasteiger partial charge in [0.1, 0.15) is 5.75 Å². The van der Waals surface area contributed by atoms with Crippen molar-refractivity contribution in [3.05, 3.63) is 23.8 Å². The third kappa shape index (κ3) is 3.28. The average Bonchev–Trinajstić information content (AvgIpc) is 1.99. The largest absolute Gasteiger partial charge is 0.544 e. The third-order valence-electron chi connectivity index (χ3n) is 1.68. The Bertz CT molecular complexity index is 385. The molecule has 0 aliphatic heterocycles. The molecule has 1 rings (SSSR count). The van der Waals surface area contributed by atoms with Crippen LogP contribution in [-0.2, 0) is 0 Å². The van der Waals surface area contributed by atoms with Gasteiger partial charge < -0.3 is 15.3 Å². The summed E-state index contributed by atoms with van der Waals surface area (Å²) >= 11 is 0. The molecule has 82 valence electrons. The van der Waals surface area contributed by atoms with Crippen molar-refractivity contribution >= 4 is 20.0 Å². The highest BCUT2D eigenvalue weighted by atomic mass is 28.4. The number of nitrogen functional groups attached to an aromatic ring is 1. The molecule has 1 aromatic carbocycles. The molecule has 0 fully saturated rings. The van der Waals surface area contributed by atoms with Crippen LogP contribution in [-0.4, -0.2) is 19.4 Å². The SMILES string of the molecule is C[Si](C)(C)Oc1ccc(C(=O)O)c(N)c1. The highest BCUT2D eigenvalue weighted by Crippen LogP contribution is 2.22. The van der Waals surface area contributed by atoms with E-state index in [9.17, 15) is 4.79 Å². The maximum atomic E-state index is 10.7. The molecule has 0 aromatic heterocycles. The first kappa shape index (κ1) is 11.6. The first-order valence-corrected chi connectivity index (χ1v) is 8.02. The number of carboxylic acids is 1. The standard InChI is InChI=1S/C10H15NO3Si/c1-15(2,3)14-7-4-5-8(10(12)13)9(11)6-7/h4-6H,11H2,1-3H3,(H,12,13). The zero-order valence-corrected chi connectivity index (χ0v) is 10.1. The molecule has 0 radical (unpaired) electrons. The summed E-state index contributed by atoms with van der Waals surface area (Å²) in [5.74, 6) is -0.385. The van der Waals surface area contributed by atoms with Gasteiger partial charge >= 0.3 is 5.97 Å². The molecular weight excluding hydrogens is 210 g/mol. The molecule has 5 heteroatoms. The maximum absolute atomic E-state index is 10.7. The highest BCUT2D eigenvalue weighted by Gasteiger charge is 2.17. The monoisotopic (exact) mass is 225 g/mol. The van der Waals surface area contributed by atoms with Crippen LogP contribution in [0, 0.1) is 0 Å². The molecule has 0 bridgehead atoms. The lowest BCUT2D eigenvalue weighted by atomic mass is 10.2. The van der Waals surface area contributed by atoms with Gasteiger partial charge in [-0.15, -0.1) is 0 Å². The molecule has 4 nitrogen and oxygen atoms in total. The molecule has 0 saturated heterocycles. The molecule has 0 aliphatic carbocycles. The summed E-state index contributed by atoms with van der Waals surface area (Å²) in [6, 6.07) is 4.66. The second-order valence-corrected chi connectivity index (χ2v) is 8.70. The van der Waals surface area contributed by atoms with Crippen molar-refractivity contribution in [2.24, 2.45) is 0 Å². The number of hydrogen-bond acceptors (Lipinski definition) is 3. The highest BCUT2D eigenvalue weighted by molar-refractivity contribution is 6.70. The van der Waals surface area contributed by atoms with Gasteiger partial charge in [0.05, 0.1) is 5.56 Å². The predicted molar refractivity (Wildman–Crippen MR) is 61.8 cm³/mol. The Morgan fingerprint density at radius 3 is 2.40 bits per heavy atom. The van der Waals surface area contributed by atoms with E-state index in [4.69, 9.17) is 15.3 Å². The molecule has 0 spiro atoms. The van der Waals surface area contributed by atoms with Crippen LogP contribution in [0.2, 0.25) is 19.6 Å². The molecule has 0 amide bonds. The van der Waals surface area contributed by atoms with E-state index < -0.39 is 14.3 Å². The van der Waals surface area contributed by atoms with Gasteiger partial charge in [-0.1, -0.05) is 0 Å². The van der Waals surface area contributed by atoms with Crippen LogP contribution >= 0.6 is 0 Å². The molecule has 3 N–H and O–H groups in total. The second-order valence-electron chi connectivity index (χ2n) is 4.27. The van der Waals surface area contributed by atoms with E-state index in [1.54, 1.807) is 12.1 Å². The van der Waals surface area contributed by atoms with Crippen molar-refractivity contribution in [2.75, 3.05) is 5.73 Å². The van der Waals surface area contributed by atoms with Crippen molar-refractivity contribution < 1.29 is 14.3 Å². The van der Waals surface area contributed by atoms with Crippen LogP contribution in [0.4, 0.5) is 5.69 Å². The van der Waals surface area contributed by atoms with E-state index in [1.165, 1.54) is 6.07 Å². The molecule has 0 saturated carbocycles. The van der Waals surface area contributed by atoms with Crippen LogP contribution in [0.1, 0.15) is 10.4 Å². The van der Waals surface area contributed by atoms with Crippen LogP contribution in [0.5, 0.6) is 5.75 Å². The Balaban J connectivity index is 2.97. The third-order valence-corrected chi connectivity index (χ3v) is 2.53. The molecule has 0 heterocycles. The Labute approximate surface area is 89.8 Å². The molecule has 15 heavy (non-hydrogen) atoms. The summed E-state index contributed by atoms with van der Waals surface area (Å²) in [4.78, 5) is 10.7. The number of aromatic carboxylic acids is 1. The van der Waals surface area contributed by atoms with Gasteiger partial charge in [0, 0.05) is 11.8 Å². The number of carboxylic acid groups (broad SMARTS) is 1. The van der Waals surface area contributed by atoms with Gasteiger partial charge in [-0.3, -0.25) is 0 Å². The Hall–Kier alpha value is -1.49. The van der Waals surface area contributed by atoms with Crippen molar-refractivity contribution in [1.82, 2.24) is 0 Å². The number of hydrogen-bond donors (Lipinski definition) is 2. The minimum absolute atomic E-state index is 0.109. The summed E-state index contributed by atoms with van der Waals surface area (Å²) in [5, 5.41) is 8.78. The number of benzene rings is 1. The topological polar surface area (TPSA) is 72.5 Å². The smallest absolute Gasteiger partial charge is 0.337 e. The lowest BCUT2D eigenvalue weighted by Gasteiger charge is -2.19.